The van der Waals surface area contributed by atoms with E-state index in [0.29, 0.717) is 30.6 Å². The van der Waals surface area contributed by atoms with Crippen molar-refractivity contribution < 1.29 is 27.5 Å². The number of rotatable bonds is 10. The standard InChI is InChI=1S/C27H29F3N2O3/c1-19-23(25(33)16-20-9-7-12-22(15-20)27(28,29)30)17-24(21-10-5-4-6-11-21)32(19)14-8-13-31(2)26(34)18-35-3/h4-7,9-12,15,17H,8,13-14,16,18H2,1-3H3. The maximum Gasteiger partial charge on any atom is 0.416 e. The normalized spacial score (nSPS) is 11.5. The zero-order valence-electron chi connectivity index (χ0n) is 20.1. The molecule has 2 aromatic carbocycles. The second-order valence-electron chi connectivity index (χ2n) is 8.45. The first-order valence-corrected chi connectivity index (χ1v) is 11.3. The van der Waals surface area contributed by atoms with Crippen molar-refractivity contribution in [3.05, 3.63) is 83.0 Å². The average molecular weight is 487 g/mol. The van der Waals surface area contributed by atoms with E-state index in [1.807, 2.05) is 41.8 Å². The Labute approximate surface area is 203 Å². The fourth-order valence-electron chi connectivity index (χ4n) is 4.03. The molecule has 0 atom stereocenters. The number of hydrogen-bond donors (Lipinski definition) is 0. The summed E-state index contributed by atoms with van der Waals surface area (Å²) >= 11 is 0. The number of carbonyl (C=O) groups excluding carboxylic acids is 2. The molecule has 1 aromatic heterocycles. The third kappa shape index (κ3) is 6.60. The van der Waals surface area contributed by atoms with E-state index in [0.717, 1.165) is 29.1 Å². The lowest BCUT2D eigenvalue weighted by Gasteiger charge is -2.18. The second kappa shape index (κ2) is 11.4. The fraction of sp³-hybridized carbons (Fsp3) is 0.333. The molecule has 1 heterocycles. The Morgan fingerprint density at radius 2 is 1.74 bits per heavy atom. The zero-order valence-corrected chi connectivity index (χ0v) is 20.1. The molecular weight excluding hydrogens is 457 g/mol. The summed E-state index contributed by atoms with van der Waals surface area (Å²) in [4.78, 5) is 26.7. The minimum atomic E-state index is -4.46. The van der Waals surface area contributed by atoms with Crippen molar-refractivity contribution in [3.8, 4) is 11.3 Å². The fourth-order valence-corrected chi connectivity index (χ4v) is 4.03. The number of carbonyl (C=O) groups is 2. The molecule has 0 saturated carbocycles. The summed E-state index contributed by atoms with van der Waals surface area (Å²) in [5.74, 6) is -0.359. The van der Waals surface area contributed by atoms with Crippen LogP contribution in [0.5, 0.6) is 0 Å². The van der Waals surface area contributed by atoms with Gasteiger partial charge in [-0.25, -0.2) is 0 Å². The smallest absolute Gasteiger partial charge is 0.375 e. The number of aromatic nitrogens is 1. The summed E-state index contributed by atoms with van der Waals surface area (Å²) in [5, 5.41) is 0. The molecule has 0 radical (unpaired) electrons. The molecule has 8 heteroatoms. The molecular formula is C27H29F3N2O3. The van der Waals surface area contributed by atoms with Gasteiger partial charge in [0.15, 0.2) is 5.78 Å². The number of amides is 1. The van der Waals surface area contributed by atoms with Crippen molar-refractivity contribution in [1.82, 2.24) is 9.47 Å². The summed E-state index contributed by atoms with van der Waals surface area (Å²) in [6.45, 7) is 2.94. The molecule has 0 aliphatic rings. The number of Topliss-reactive ketones (excluding diaryl/α,β-unsaturated/α-hetero) is 1. The van der Waals surface area contributed by atoms with E-state index in [1.165, 1.54) is 19.2 Å². The molecule has 35 heavy (non-hydrogen) atoms. The first-order valence-electron chi connectivity index (χ1n) is 11.3. The number of alkyl halides is 3. The summed E-state index contributed by atoms with van der Waals surface area (Å²) < 4.78 is 46.2. The van der Waals surface area contributed by atoms with Crippen LogP contribution in [0.2, 0.25) is 0 Å². The maximum atomic E-state index is 13.2. The first kappa shape index (κ1) is 26.2. The van der Waals surface area contributed by atoms with Crippen LogP contribution in [0.15, 0.2) is 60.7 Å². The van der Waals surface area contributed by atoms with Gasteiger partial charge in [0.1, 0.15) is 6.61 Å². The molecule has 0 spiro atoms. The van der Waals surface area contributed by atoms with Crippen LogP contribution in [0.3, 0.4) is 0 Å². The van der Waals surface area contributed by atoms with Gasteiger partial charge in [0.05, 0.1) is 5.56 Å². The van der Waals surface area contributed by atoms with Crippen molar-refractivity contribution in [2.75, 3.05) is 27.3 Å². The number of nitrogens with zero attached hydrogens (tertiary/aromatic N) is 2. The van der Waals surface area contributed by atoms with E-state index in [9.17, 15) is 22.8 Å². The van der Waals surface area contributed by atoms with Crippen LogP contribution in [0, 0.1) is 6.92 Å². The van der Waals surface area contributed by atoms with Gasteiger partial charge >= 0.3 is 6.18 Å². The third-order valence-electron chi connectivity index (χ3n) is 5.92. The summed E-state index contributed by atoms with van der Waals surface area (Å²) in [6.07, 6.45) is -3.93. The van der Waals surface area contributed by atoms with Crippen LogP contribution in [0.25, 0.3) is 11.3 Å². The number of likely N-dealkylation sites (N-methyl/N-ethyl adjacent to an activating group) is 1. The lowest BCUT2D eigenvalue weighted by atomic mass is 10.0. The van der Waals surface area contributed by atoms with E-state index < -0.39 is 11.7 Å². The Kier molecular flexibility index (Phi) is 8.51. The van der Waals surface area contributed by atoms with Crippen molar-refractivity contribution in [1.29, 1.82) is 0 Å². The largest absolute Gasteiger partial charge is 0.416 e. The van der Waals surface area contributed by atoms with Crippen LogP contribution in [-0.2, 0) is 28.7 Å². The average Bonchev–Trinajstić information content (AvgIpc) is 3.15. The highest BCUT2D eigenvalue weighted by Gasteiger charge is 2.30. The summed E-state index contributed by atoms with van der Waals surface area (Å²) in [7, 11) is 3.19. The first-order chi connectivity index (χ1) is 16.6. The highest BCUT2D eigenvalue weighted by atomic mass is 19.4. The molecule has 186 valence electrons. The predicted molar refractivity (Wildman–Crippen MR) is 128 cm³/mol. The third-order valence-corrected chi connectivity index (χ3v) is 5.92. The van der Waals surface area contributed by atoms with Crippen molar-refractivity contribution >= 4 is 11.7 Å². The lowest BCUT2D eigenvalue weighted by Crippen LogP contribution is -2.31. The number of methoxy groups -OCH3 is 1. The SMILES string of the molecule is COCC(=O)N(C)CCCn1c(-c2ccccc2)cc(C(=O)Cc2cccc(C(F)(F)F)c2)c1C. The van der Waals surface area contributed by atoms with Crippen molar-refractivity contribution in [2.24, 2.45) is 0 Å². The van der Waals surface area contributed by atoms with E-state index in [4.69, 9.17) is 4.74 Å². The molecule has 0 unspecified atom stereocenters. The van der Waals surface area contributed by atoms with Gasteiger partial charge in [-0.2, -0.15) is 13.2 Å². The van der Waals surface area contributed by atoms with Crippen molar-refractivity contribution in [3.63, 3.8) is 0 Å². The molecule has 0 aliphatic carbocycles. The molecule has 0 bridgehead atoms. The quantitative estimate of drug-likeness (QED) is 0.361. The van der Waals surface area contributed by atoms with Gasteiger partial charge in [0.25, 0.3) is 0 Å². The molecule has 1 amide bonds. The summed E-state index contributed by atoms with van der Waals surface area (Å²) in [5.41, 5.74) is 2.54. The Morgan fingerprint density at radius 1 is 1.03 bits per heavy atom. The van der Waals surface area contributed by atoms with Crippen LogP contribution < -0.4 is 0 Å². The monoisotopic (exact) mass is 486 g/mol. The Balaban J connectivity index is 1.85. The molecule has 0 aliphatic heterocycles. The zero-order chi connectivity index (χ0) is 25.6. The van der Waals surface area contributed by atoms with Crippen LogP contribution in [0.1, 0.15) is 33.6 Å². The number of halogens is 3. The lowest BCUT2D eigenvalue weighted by molar-refractivity contribution is -0.137. The Bertz CT molecular complexity index is 1170. The van der Waals surface area contributed by atoms with Gasteiger partial charge < -0.3 is 14.2 Å². The van der Waals surface area contributed by atoms with Gasteiger partial charge in [-0.1, -0.05) is 48.5 Å². The van der Waals surface area contributed by atoms with E-state index in [1.54, 1.807) is 18.0 Å². The molecule has 0 saturated heterocycles. The Hall–Kier alpha value is -3.39. The second-order valence-corrected chi connectivity index (χ2v) is 8.45. The topological polar surface area (TPSA) is 51.5 Å². The van der Waals surface area contributed by atoms with Gasteiger partial charge in [-0.05, 0) is 36.6 Å². The molecule has 5 nitrogen and oxygen atoms in total. The van der Waals surface area contributed by atoms with Crippen molar-refractivity contribution in [2.45, 2.75) is 32.5 Å². The number of ether oxygens (including phenoxy) is 1. The van der Waals surface area contributed by atoms with E-state index in [2.05, 4.69) is 0 Å². The van der Waals surface area contributed by atoms with E-state index in [-0.39, 0.29) is 24.7 Å². The predicted octanol–water partition coefficient (Wildman–Crippen LogP) is 5.40. The Morgan fingerprint density at radius 3 is 2.40 bits per heavy atom. The highest BCUT2D eigenvalue weighted by Crippen LogP contribution is 2.31. The van der Waals surface area contributed by atoms with Crippen LogP contribution in [0.4, 0.5) is 13.2 Å². The van der Waals surface area contributed by atoms with Crippen LogP contribution >= 0.6 is 0 Å². The number of hydrogen-bond acceptors (Lipinski definition) is 3. The number of benzene rings is 2. The number of ketones is 1. The van der Waals surface area contributed by atoms with Crippen LogP contribution in [-0.4, -0.2) is 48.5 Å². The van der Waals surface area contributed by atoms with Gasteiger partial charge in [0.2, 0.25) is 5.91 Å². The highest BCUT2D eigenvalue weighted by molar-refractivity contribution is 6.00. The van der Waals surface area contributed by atoms with E-state index >= 15 is 0 Å². The minimum Gasteiger partial charge on any atom is -0.375 e. The molecule has 0 fully saturated rings. The van der Waals surface area contributed by atoms with Gasteiger partial charge in [0, 0.05) is 50.6 Å². The van der Waals surface area contributed by atoms with Gasteiger partial charge in [-0.15, -0.1) is 0 Å². The molecule has 3 aromatic rings. The molecule has 3 rings (SSSR count). The van der Waals surface area contributed by atoms with Gasteiger partial charge in [-0.3, -0.25) is 9.59 Å². The minimum absolute atomic E-state index is 0.0164. The molecule has 0 N–H and O–H groups in total. The summed E-state index contributed by atoms with van der Waals surface area (Å²) in [6, 6.07) is 16.3. The maximum absolute atomic E-state index is 13.2.